The summed E-state index contributed by atoms with van der Waals surface area (Å²) in [4.78, 5) is 12.2. The largest absolute Gasteiger partial charge is 0.296 e. The molecule has 0 unspecified atom stereocenters. The van der Waals surface area contributed by atoms with E-state index in [1.165, 1.54) is 11.3 Å². The maximum absolute atomic E-state index is 12.2. The molecule has 4 nitrogen and oxygen atoms in total. The van der Waals surface area contributed by atoms with Crippen LogP contribution in [0.15, 0.2) is 35.2 Å². The maximum atomic E-state index is 12.2. The minimum absolute atomic E-state index is 0.161. The number of rotatable bonds is 5. The van der Waals surface area contributed by atoms with Gasteiger partial charge in [-0.25, -0.2) is 0 Å². The van der Waals surface area contributed by atoms with Crippen molar-refractivity contribution in [3.63, 3.8) is 0 Å². The molecule has 0 radical (unpaired) electrons. The Morgan fingerprint density at radius 2 is 2.35 bits per heavy atom. The quantitative estimate of drug-likeness (QED) is 0.346. The highest BCUT2D eigenvalue weighted by molar-refractivity contribution is 14.1. The van der Waals surface area contributed by atoms with Gasteiger partial charge in [0.15, 0.2) is 4.34 Å². The van der Waals surface area contributed by atoms with Crippen molar-refractivity contribution in [2.24, 2.45) is 0 Å². The third kappa shape index (κ3) is 4.03. The van der Waals surface area contributed by atoms with Crippen molar-refractivity contribution in [2.75, 3.05) is 11.1 Å². The molecule has 0 saturated carbocycles. The molecular formula is C13H12IN3OS2. The lowest BCUT2D eigenvalue weighted by atomic mass is 10.1. The van der Waals surface area contributed by atoms with Crippen LogP contribution in [0.25, 0.3) is 0 Å². The number of aromatic nitrogens is 2. The van der Waals surface area contributed by atoms with Crippen molar-refractivity contribution in [3.8, 4) is 0 Å². The second kappa shape index (κ2) is 7.19. The lowest BCUT2D eigenvalue weighted by molar-refractivity contribution is 0.102. The number of amides is 1. The molecule has 1 amide bonds. The Morgan fingerprint density at radius 3 is 3.05 bits per heavy atom. The number of hydrogen-bond donors (Lipinski definition) is 1. The van der Waals surface area contributed by atoms with E-state index in [4.69, 9.17) is 0 Å². The summed E-state index contributed by atoms with van der Waals surface area (Å²) >= 11 is 5.07. The molecule has 20 heavy (non-hydrogen) atoms. The summed E-state index contributed by atoms with van der Waals surface area (Å²) in [6.45, 7) is 5.65. The van der Waals surface area contributed by atoms with Gasteiger partial charge in [-0.3, -0.25) is 10.1 Å². The molecule has 1 aromatic carbocycles. The maximum Gasteiger partial charge on any atom is 0.258 e. The number of nitrogens with zero attached hydrogens (tertiary/aromatic N) is 2. The second-order valence-corrected chi connectivity index (χ2v) is 7.32. The van der Waals surface area contributed by atoms with Crippen molar-refractivity contribution in [3.05, 3.63) is 45.6 Å². The van der Waals surface area contributed by atoms with Crippen LogP contribution in [-0.2, 0) is 0 Å². The van der Waals surface area contributed by atoms with Crippen LogP contribution in [0.4, 0.5) is 5.13 Å². The molecule has 1 heterocycles. The van der Waals surface area contributed by atoms with Gasteiger partial charge in [-0.05, 0) is 41.6 Å². The van der Waals surface area contributed by atoms with E-state index in [0.29, 0.717) is 10.7 Å². The van der Waals surface area contributed by atoms with Crippen molar-refractivity contribution >= 4 is 56.7 Å². The minimum atomic E-state index is -0.161. The molecule has 104 valence electrons. The average molecular weight is 417 g/mol. The summed E-state index contributed by atoms with van der Waals surface area (Å²) in [5, 5.41) is 11.3. The van der Waals surface area contributed by atoms with Crippen LogP contribution in [-0.4, -0.2) is 21.9 Å². The van der Waals surface area contributed by atoms with Crippen molar-refractivity contribution in [1.82, 2.24) is 10.2 Å². The second-order valence-electron chi connectivity index (χ2n) is 3.91. The van der Waals surface area contributed by atoms with Crippen molar-refractivity contribution in [2.45, 2.75) is 11.3 Å². The smallest absolute Gasteiger partial charge is 0.258 e. The Labute approximate surface area is 139 Å². The number of aryl methyl sites for hydroxylation is 1. The predicted octanol–water partition coefficient (Wildman–Crippen LogP) is 3.98. The average Bonchev–Trinajstić information content (AvgIpc) is 2.83. The number of nitrogens with one attached hydrogen (secondary N) is 1. The number of anilines is 1. The summed E-state index contributed by atoms with van der Waals surface area (Å²) in [6.07, 6.45) is 1.80. The van der Waals surface area contributed by atoms with Crippen LogP contribution in [0.3, 0.4) is 0 Å². The monoisotopic (exact) mass is 417 g/mol. The van der Waals surface area contributed by atoms with Gasteiger partial charge in [0.2, 0.25) is 5.13 Å². The molecule has 2 rings (SSSR count). The Balaban J connectivity index is 2.07. The van der Waals surface area contributed by atoms with Crippen LogP contribution in [0.1, 0.15) is 15.9 Å². The first-order valence-electron chi connectivity index (χ1n) is 5.75. The van der Waals surface area contributed by atoms with Gasteiger partial charge in [0, 0.05) is 9.32 Å². The lowest BCUT2D eigenvalue weighted by Gasteiger charge is -2.04. The molecule has 0 aliphatic rings. The lowest BCUT2D eigenvalue weighted by Crippen LogP contribution is -2.13. The summed E-state index contributed by atoms with van der Waals surface area (Å²) in [5.41, 5.74) is 1.77. The molecule has 0 atom stereocenters. The highest BCUT2D eigenvalue weighted by atomic mass is 127. The fourth-order valence-electron chi connectivity index (χ4n) is 1.42. The third-order valence-corrected chi connectivity index (χ3v) is 5.18. The molecule has 0 fully saturated rings. The van der Waals surface area contributed by atoms with Gasteiger partial charge in [-0.1, -0.05) is 40.8 Å². The molecule has 2 aromatic rings. The first-order chi connectivity index (χ1) is 9.60. The highest BCUT2D eigenvalue weighted by Gasteiger charge is 2.13. The Bertz CT molecular complexity index is 642. The topological polar surface area (TPSA) is 54.9 Å². The van der Waals surface area contributed by atoms with E-state index >= 15 is 0 Å². The predicted molar refractivity (Wildman–Crippen MR) is 92.7 cm³/mol. The van der Waals surface area contributed by atoms with Crippen LogP contribution in [0, 0.1) is 10.5 Å². The summed E-state index contributed by atoms with van der Waals surface area (Å²) < 4.78 is 1.74. The van der Waals surface area contributed by atoms with Gasteiger partial charge in [-0.2, -0.15) is 0 Å². The van der Waals surface area contributed by atoms with E-state index in [0.717, 1.165) is 19.2 Å². The standard InChI is InChI=1S/C13H12IN3OS2/c1-3-6-19-13-17-16-12(20-13)15-11(18)9-5-4-8(2)7-10(9)14/h3-5,7H,1,6H2,2H3,(H,15,16,18). The Morgan fingerprint density at radius 1 is 1.55 bits per heavy atom. The molecule has 7 heteroatoms. The Hall–Kier alpha value is -0.930. The van der Waals surface area contributed by atoms with Crippen molar-refractivity contribution < 1.29 is 4.79 Å². The number of halogens is 1. The third-order valence-electron chi connectivity index (χ3n) is 2.32. The molecule has 0 saturated heterocycles. The van der Waals surface area contributed by atoms with E-state index in [1.54, 1.807) is 17.8 Å². The zero-order chi connectivity index (χ0) is 14.5. The SMILES string of the molecule is C=CCSc1nnc(NC(=O)c2ccc(C)cc2I)s1. The highest BCUT2D eigenvalue weighted by Crippen LogP contribution is 2.26. The number of benzene rings is 1. The number of hydrogen-bond acceptors (Lipinski definition) is 5. The zero-order valence-corrected chi connectivity index (χ0v) is 14.5. The van der Waals surface area contributed by atoms with E-state index < -0.39 is 0 Å². The Kier molecular flexibility index (Phi) is 5.55. The summed E-state index contributed by atoms with van der Waals surface area (Å²) in [7, 11) is 0. The van der Waals surface area contributed by atoms with Crippen LogP contribution in [0.2, 0.25) is 0 Å². The van der Waals surface area contributed by atoms with Crippen LogP contribution < -0.4 is 5.32 Å². The molecular weight excluding hydrogens is 405 g/mol. The fraction of sp³-hybridized carbons (Fsp3) is 0.154. The van der Waals surface area contributed by atoms with E-state index in [9.17, 15) is 4.79 Å². The molecule has 1 aromatic heterocycles. The molecule has 0 spiro atoms. The zero-order valence-electron chi connectivity index (χ0n) is 10.7. The molecule has 0 aliphatic carbocycles. The minimum Gasteiger partial charge on any atom is -0.296 e. The molecule has 0 aliphatic heterocycles. The van der Waals surface area contributed by atoms with Gasteiger partial charge in [0.1, 0.15) is 0 Å². The summed E-state index contributed by atoms with van der Waals surface area (Å²) in [5.74, 6) is 0.615. The fourth-order valence-corrected chi connectivity index (χ4v) is 3.84. The normalized spacial score (nSPS) is 10.3. The first kappa shape index (κ1) is 15.5. The van der Waals surface area contributed by atoms with Crippen LogP contribution in [0.5, 0.6) is 0 Å². The molecule has 0 bridgehead atoms. The van der Waals surface area contributed by atoms with Gasteiger partial charge < -0.3 is 0 Å². The number of thioether (sulfide) groups is 1. The number of carbonyl (C=O) groups excluding carboxylic acids is 1. The van der Waals surface area contributed by atoms with Gasteiger partial charge in [-0.15, -0.1) is 16.8 Å². The summed E-state index contributed by atoms with van der Waals surface area (Å²) in [6, 6.07) is 5.71. The first-order valence-corrected chi connectivity index (χ1v) is 8.63. The van der Waals surface area contributed by atoms with Gasteiger partial charge >= 0.3 is 0 Å². The van der Waals surface area contributed by atoms with Crippen LogP contribution >= 0.6 is 45.7 Å². The van der Waals surface area contributed by atoms with E-state index in [2.05, 4.69) is 44.7 Å². The molecule has 1 N–H and O–H groups in total. The van der Waals surface area contributed by atoms with Gasteiger partial charge in [0.25, 0.3) is 5.91 Å². The van der Waals surface area contributed by atoms with E-state index in [1.807, 2.05) is 25.1 Å². The van der Waals surface area contributed by atoms with Crippen molar-refractivity contribution in [1.29, 1.82) is 0 Å². The van der Waals surface area contributed by atoms with Gasteiger partial charge in [0.05, 0.1) is 5.56 Å². The number of carbonyl (C=O) groups is 1. The van der Waals surface area contributed by atoms with E-state index in [-0.39, 0.29) is 5.91 Å².